The van der Waals surface area contributed by atoms with Gasteiger partial charge in [0.25, 0.3) is 5.56 Å². The van der Waals surface area contributed by atoms with Gasteiger partial charge < -0.3 is 23.9 Å². The molecule has 1 aromatic carbocycles. The number of benzene rings is 1. The summed E-state index contributed by atoms with van der Waals surface area (Å²) in [7, 11) is 2.08. The second-order valence-electron chi connectivity index (χ2n) is 11.2. The number of ether oxygens (including phenoxy) is 1. The normalized spacial score (nSPS) is 21.4. The van der Waals surface area contributed by atoms with Crippen molar-refractivity contribution in [1.82, 2.24) is 14.0 Å². The highest BCUT2D eigenvalue weighted by atomic mass is 19.1. The summed E-state index contributed by atoms with van der Waals surface area (Å²) in [6, 6.07) is 3.55. The second-order valence-corrected chi connectivity index (χ2v) is 11.2. The van der Waals surface area contributed by atoms with Crippen molar-refractivity contribution >= 4 is 16.9 Å². The van der Waals surface area contributed by atoms with Gasteiger partial charge >= 0.3 is 5.97 Å². The van der Waals surface area contributed by atoms with Gasteiger partial charge in [-0.2, -0.15) is 0 Å². The maximum atomic E-state index is 15.6. The molecule has 0 amide bonds. The van der Waals surface area contributed by atoms with Gasteiger partial charge in [-0.05, 0) is 68.8 Å². The molecule has 1 aliphatic carbocycles. The lowest BCUT2D eigenvalue weighted by atomic mass is 9.85. The Hall–Kier alpha value is -3.30. The van der Waals surface area contributed by atoms with Gasteiger partial charge in [-0.15, -0.1) is 0 Å². The van der Waals surface area contributed by atoms with Crippen LogP contribution in [0.5, 0.6) is 0 Å². The Bertz CT molecular complexity index is 1680. The van der Waals surface area contributed by atoms with Gasteiger partial charge in [0.2, 0.25) is 0 Å². The Labute approximate surface area is 218 Å². The molecule has 7 rings (SSSR count). The molecular formula is C29H30FN3O5. The van der Waals surface area contributed by atoms with Crippen LogP contribution in [-0.4, -0.2) is 44.7 Å². The predicted molar refractivity (Wildman–Crippen MR) is 139 cm³/mol. The number of carbonyl (C=O) groups is 1. The van der Waals surface area contributed by atoms with Crippen molar-refractivity contribution in [3.63, 3.8) is 0 Å². The highest BCUT2D eigenvalue weighted by Gasteiger charge is 2.45. The number of cyclic esters (lactones) is 1. The molecule has 0 unspecified atom stereocenters. The number of fused-ring (bicyclic) bond motifs is 5. The van der Waals surface area contributed by atoms with Crippen LogP contribution in [0.3, 0.4) is 0 Å². The number of likely N-dealkylation sites (N-methyl/N-ethyl adjacent to an activating group) is 1. The number of nitrogens with zero attached hydrogens (tertiary/aromatic N) is 3. The van der Waals surface area contributed by atoms with Crippen molar-refractivity contribution < 1.29 is 19.0 Å². The number of pyridine rings is 2. The lowest BCUT2D eigenvalue weighted by Gasteiger charge is -2.31. The number of esters is 1. The van der Waals surface area contributed by atoms with Gasteiger partial charge in [0, 0.05) is 30.1 Å². The minimum absolute atomic E-state index is 0.0316. The molecule has 5 heterocycles. The van der Waals surface area contributed by atoms with Gasteiger partial charge in [0.05, 0.1) is 34.6 Å². The Morgan fingerprint density at radius 1 is 1.18 bits per heavy atom. The molecule has 1 fully saturated rings. The van der Waals surface area contributed by atoms with E-state index in [0.29, 0.717) is 47.6 Å². The number of hydrogen-bond donors (Lipinski definition) is 1. The zero-order chi connectivity index (χ0) is 26.5. The fourth-order valence-corrected chi connectivity index (χ4v) is 6.78. The molecule has 1 saturated carbocycles. The quantitative estimate of drug-likeness (QED) is 0.408. The lowest BCUT2D eigenvalue weighted by Crippen LogP contribution is -2.44. The van der Waals surface area contributed by atoms with E-state index in [-0.39, 0.29) is 47.5 Å². The third-order valence-electron chi connectivity index (χ3n) is 9.12. The SMILES string of the molecule is CC[C@@]1(O)C(=O)OCc2c1cc1n(c2=O)Cc2c-1c(=O)c1cc(F)c(CCN(C)C3CC3)c3c1n2CCC3. The van der Waals surface area contributed by atoms with Crippen LogP contribution in [0.15, 0.2) is 21.7 Å². The first-order valence-corrected chi connectivity index (χ1v) is 13.5. The van der Waals surface area contributed by atoms with E-state index in [4.69, 9.17) is 4.74 Å². The van der Waals surface area contributed by atoms with Gasteiger partial charge in [-0.3, -0.25) is 9.59 Å². The molecular weight excluding hydrogens is 489 g/mol. The lowest BCUT2D eigenvalue weighted by molar-refractivity contribution is -0.172. The molecule has 198 valence electrons. The van der Waals surface area contributed by atoms with Crippen LogP contribution in [-0.2, 0) is 47.7 Å². The highest BCUT2D eigenvalue weighted by molar-refractivity contribution is 5.90. The zero-order valence-corrected chi connectivity index (χ0v) is 21.6. The highest BCUT2D eigenvalue weighted by Crippen LogP contribution is 2.40. The summed E-state index contributed by atoms with van der Waals surface area (Å²) >= 11 is 0. The molecule has 8 nitrogen and oxygen atoms in total. The number of rotatable bonds is 5. The minimum Gasteiger partial charge on any atom is -0.458 e. The van der Waals surface area contributed by atoms with E-state index < -0.39 is 11.6 Å². The van der Waals surface area contributed by atoms with Crippen molar-refractivity contribution in [1.29, 1.82) is 0 Å². The average molecular weight is 520 g/mol. The van der Waals surface area contributed by atoms with Crippen LogP contribution in [0.4, 0.5) is 4.39 Å². The molecule has 1 N–H and O–H groups in total. The molecule has 3 aromatic rings. The number of halogens is 1. The van der Waals surface area contributed by atoms with E-state index in [1.807, 2.05) is 0 Å². The number of hydrogen-bond acceptors (Lipinski definition) is 6. The third-order valence-corrected chi connectivity index (χ3v) is 9.12. The number of carbonyl (C=O) groups excluding carboxylic acids is 1. The summed E-state index contributed by atoms with van der Waals surface area (Å²) in [5, 5.41) is 11.4. The molecule has 4 aliphatic rings. The van der Waals surface area contributed by atoms with Crippen LogP contribution in [0.1, 0.15) is 60.6 Å². The monoisotopic (exact) mass is 519 g/mol. The Morgan fingerprint density at radius 2 is 1.97 bits per heavy atom. The van der Waals surface area contributed by atoms with Crippen molar-refractivity contribution in [2.75, 3.05) is 13.6 Å². The van der Waals surface area contributed by atoms with Gasteiger partial charge in [-0.25, -0.2) is 9.18 Å². The van der Waals surface area contributed by atoms with E-state index in [2.05, 4.69) is 16.5 Å². The minimum atomic E-state index is -1.95. The predicted octanol–water partition coefficient (Wildman–Crippen LogP) is 2.57. The van der Waals surface area contributed by atoms with Crippen LogP contribution in [0, 0.1) is 5.82 Å². The van der Waals surface area contributed by atoms with E-state index >= 15 is 4.39 Å². The van der Waals surface area contributed by atoms with E-state index in [1.165, 1.54) is 23.5 Å². The summed E-state index contributed by atoms with van der Waals surface area (Å²) in [5.41, 5.74) is 1.58. The zero-order valence-electron chi connectivity index (χ0n) is 21.6. The summed E-state index contributed by atoms with van der Waals surface area (Å²) in [6.07, 6.45) is 4.52. The third kappa shape index (κ3) is 3.12. The standard InChI is InChI=1S/C29H30FN3O5/c1-3-29(37)20-12-22-24-23(13-33(22)27(35)19(20)14-38-28(29)36)32-9-4-5-17-16(8-10-31(2)15-6-7-15)21(30)11-18(25(17)32)26(24)34/h11-12,15,37H,3-10,13-14H2,1-2H3/t29-/m0/s1. The summed E-state index contributed by atoms with van der Waals surface area (Å²) in [6.45, 7) is 3.07. The Morgan fingerprint density at radius 3 is 2.71 bits per heavy atom. The largest absolute Gasteiger partial charge is 0.458 e. The smallest absolute Gasteiger partial charge is 0.343 e. The van der Waals surface area contributed by atoms with E-state index in [0.717, 1.165) is 29.7 Å². The molecule has 0 saturated heterocycles. The first-order chi connectivity index (χ1) is 18.2. The van der Waals surface area contributed by atoms with Crippen molar-refractivity contribution in [3.05, 3.63) is 66.5 Å². The van der Waals surface area contributed by atoms with E-state index in [9.17, 15) is 19.5 Å². The number of aliphatic hydroxyl groups is 1. The first kappa shape index (κ1) is 23.8. The van der Waals surface area contributed by atoms with Gasteiger partial charge in [-0.1, -0.05) is 6.92 Å². The van der Waals surface area contributed by atoms with Crippen molar-refractivity contribution in [2.45, 2.75) is 76.8 Å². The maximum Gasteiger partial charge on any atom is 0.343 e. The first-order valence-electron chi connectivity index (χ1n) is 13.5. The fraction of sp³-hybridized carbons (Fsp3) is 0.483. The Kier molecular flexibility index (Phi) is 5.07. The molecule has 0 spiro atoms. The van der Waals surface area contributed by atoms with Crippen LogP contribution >= 0.6 is 0 Å². The summed E-state index contributed by atoms with van der Waals surface area (Å²) in [4.78, 5) is 42.3. The molecule has 0 bridgehead atoms. The molecule has 9 heteroatoms. The van der Waals surface area contributed by atoms with Crippen LogP contribution < -0.4 is 11.0 Å². The number of aryl methyl sites for hydroxylation is 2. The fourth-order valence-electron chi connectivity index (χ4n) is 6.78. The van der Waals surface area contributed by atoms with Gasteiger partial charge in [0.15, 0.2) is 11.0 Å². The van der Waals surface area contributed by atoms with Crippen molar-refractivity contribution in [3.8, 4) is 11.3 Å². The van der Waals surface area contributed by atoms with Crippen LogP contribution in [0.2, 0.25) is 0 Å². The summed E-state index contributed by atoms with van der Waals surface area (Å²) < 4.78 is 24.4. The molecule has 2 aromatic heterocycles. The molecule has 1 atom stereocenters. The van der Waals surface area contributed by atoms with E-state index in [1.54, 1.807) is 13.0 Å². The average Bonchev–Trinajstić information content (AvgIpc) is 3.69. The maximum absolute atomic E-state index is 15.6. The molecule has 3 aliphatic heterocycles. The molecule has 38 heavy (non-hydrogen) atoms. The number of aromatic nitrogens is 2. The Balaban J connectivity index is 1.44. The molecule has 0 radical (unpaired) electrons. The topological polar surface area (TPSA) is 93.8 Å². The summed E-state index contributed by atoms with van der Waals surface area (Å²) in [5.74, 6) is -1.15. The van der Waals surface area contributed by atoms with Crippen LogP contribution in [0.25, 0.3) is 22.2 Å². The van der Waals surface area contributed by atoms with Gasteiger partial charge in [0.1, 0.15) is 12.4 Å². The second kappa shape index (κ2) is 8.10. The van der Waals surface area contributed by atoms with Crippen molar-refractivity contribution in [2.24, 2.45) is 0 Å².